The zero-order valence-corrected chi connectivity index (χ0v) is 12.7. The second-order valence-electron chi connectivity index (χ2n) is 5.06. The van der Waals surface area contributed by atoms with Crippen LogP contribution >= 0.6 is 0 Å². The predicted molar refractivity (Wildman–Crippen MR) is 82.4 cm³/mol. The fourth-order valence-corrected chi connectivity index (χ4v) is 4.16. The molecule has 1 fully saturated rings. The van der Waals surface area contributed by atoms with E-state index in [0.717, 1.165) is 9.71 Å². The fraction of sp³-hybridized carbons (Fsp3) is 0.250. The van der Waals surface area contributed by atoms with E-state index in [9.17, 15) is 18.9 Å². The van der Waals surface area contributed by atoms with Gasteiger partial charge >= 0.3 is 0 Å². The van der Waals surface area contributed by atoms with E-state index < -0.39 is 27.5 Å². The zero-order chi connectivity index (χ0) is 16.4. The maximum Gasteiger partial charge on any atom is 0.236 e. The van der Waals surface area contributed by atoms with Crippen LogP contribution in [0.15, 0.2) is 55.0 Å². The van der Waals surface area contributed by atoms with Crippen molar-refractivity contribution in [2.24, 2.45) is 5.41 Å². The highest BCUT2D eigenvalue weighted by Crippen LogP contribution is 2.51. The molecule has 2 unspecified atom stereocenters. The van der Waals surface area contributed by atoms with E-state index in [1.165, 1.54) is 6.08 Å². The Kier molecular flexibility index (Phi) is 4.18. The van der Waals surface area contributed by atoms with Gasteiger partial charge < -0.3 is 0 Å². The number of nitriles is 2. The maximum atomic E-state index is 12.4. The molecule has 22 heavy (non-hydrogen) atoms. The monoisotopic (exact) mass is 313 g/mol. The third kappa shape index (κ3) is 2.33. The average molecular weight is 313 g/mol. The second kappa shape index (κ2) is 5.76. The lowest BCUT2D eigenvalue weighted by molar-refractivity contribution is 0.322. The Morgan fingerprint density at radius 1 is 1.23 bits per heavy atom. The predicted octanol–water partition coefficient (Wildman–Crippen LogP) is 2.49. The Hall–Kier alpha value is -2.41. The smallest absolute Gasteiger partial charge is 0.207 e. The largest absolute Gasteiger partial charge is 0.236 e. The van der Waals surface area contributed by atoms with Crippen molar-refractivity contribution in [3.63, 3.8) is 0 Å². The van der Waals surface area contributed by atoms with Crippen LogP contribution in [0, 0.1) is 28.1 Å². The van der Waals surface area contributed by atoms with Crippen LogP contribution in [-0.4, -0.2) is 18.8 Å². The van der Waals surface area contributed by atoms with Gasteiger partial charge in [-0.05, 0) is 5.56 Å². The van der Waals surface area contributed by atoms with Crippen molar-refractivity contribution >= 4 is 10.0 Å². The van der Waals surface area contributed by atoms with Gasteiger partial charge in [0.05, 0.1) is 18.2 Å². The molecule has 5 nitrogen and oxygen atoms in total. The fourth-order valence-electron chi connectivity index (χ4n) is 2.85. The molecule has 1 heterocycles. The Labute approximate surface area is 130 Å². The molecule has 0 radical (unpaired) electrons. The van der Waals surface area contributed by atoms with Crippen molar-refractivity contribution in [1.29, 1.82) is 10.5 Å². The first kappa shape index (κ1) is 16.0. The minimum Gasteiger partial charge on any atom is -0.207 e. The van der Waals surface area contributed by atoms with Crippen molar-refractivity contribution < 1.29 is 8.42 Å². The van der Waals surface area contributed by atoms with Crippen LogP contribution in [0.3, 0.4) is 0 Å². The molecule has 6 heteroatoms. The molecule has 2 rings (SSSR count). The van der Waals surface area contributed by atoms with Crippen molar-refractivity contribution in [2.75, 3.05) is 0 Å². The van der Waals surface area contributed by atoms with Gasteiger partial charge in [0.15, 0.2) is 5.41 Å². The van der Waals surface area contributed by atoms with E-state index >= 15 is 0 Å². The van der Waals surface area contributed by atoms with E-state index in [0.29, 0.717) is 5.56 Å². The van der Waals surface area contributed by atoms with E-state index in [-0.39, 0.29) is 6.42 Å². The van der Waals surface area contributed by atoms with Gasteiger partial charge in [0.25, 0.3) is 0 Å². The molecule has 0 saturated carbocycles. The van der Waals surface area contributed by atoms with Gasteiger partial charge in [-0.2, -0.15) is 14.8 Å². The number of benzene rings is 1. The van der Waals surface area contributed by atoms with Crippen molar-refractivity contribution in [2.45, 2.75) is 18.5 Å². The summed E-state index contributed by atoms with van der Waals surface area (Å²) in [6.07, 6.45) is 1.53. The molecule has 2 atom stereocenters. The van der Waals surface area contributed by atoms with Crippen molar-refractivity contribution in [3.8, 4) is 12.1 Å². The molecule has 1 aliphatic rings. The van der Waals surface area contributed by atoms with Crippen LogP contribution in [0.1, 0.15) is 18.0 Å². The highest BCUT2D eigenvalue weighted by molar-refractivity contribution is 7.92. The van der Waals surface area contributed by atoms with Crippen LogP contribution < -0.4 is 0 Å². The molecule has 0 aliphatic carbocycles. The number of hydrogen-bond acceptors (Lipinski definition) is 4. The van der Waals surface area contributed by atoms with E-state index in [1.807, 2.05) is 12.1 Å². The summed E-state index contributed by atoms with van der Waals surface area (Å²) in [6.45, 7) is 6.99. The zero-order valence-electron chi connectivity index (χ0n) is 11.9. The lowest BCUT2D eigenvalue weighted by atomic mass is 9.79. The SMILES string of the molecule is C=CC1CC(C#N)(C#N)C(c2ccccc2)N1S(=O)(=O)C=C. The summed E-state index contributed by atoms with van der Waals surface area (Å²) in [4.78, 5) is 0. The van der Waals surface area contributed by atoms with Gasteiger partial charge in [0, 0.05) is 17.9 Å². The maximum absolute atomic E-state index is 12.4. The summed E-state index contributed by atoms with van der Waals surface area (Å²) in [5.41, 5.74) is -0.864. The minimum atomic E-state index is -3.82. The van der Waals surface area contributed by atoms with E-state index in [4.69, 9.17) is 0 Å². The van der Waals surface area contributed by atoms with Gasteiger partial charge in [-0.15, -0.1) is 6.58 Å². The van der Waals surface area contributed by atoms with Crippen LogP contribution in [0.2, 0.25) is 0 Å². The summed E-state index contributed by atoms with van der Waals surface area (Å²) in [7, 11) is -3.82. The Morgan fingerprint density at radius 2 is 1.82 bits per heavy atom. The van der Waals surface area contributed by atoms with E-state index in [2.05, 4.69) is 13.2 Å². The molecule has 0 spiro atoms. The molecule has 0 amide bonds. The lowest BCUT2D eigenvalue weighted by Crippen LogP contribution is -2.37. The quantitative estimate of drug-likeness (QED) is 0.799. The standard InChI is InChI=1S/C16H15N3O2S/c1-3-14-10-16(11-17,12-18)15(13-8-6-5-7-9-13)19(14)22(20,21)4-2/h3-9,14-15H,1-2,10H2. The average Bonchev–Trinajstić information content (AvgIpc) is 2.91. The number of rotatable bonds is 4. The molecule has 0 bridgehead atoms. The molecular formula is C16H15N3O2S. The number of nitrogens with zero attached hydrogens (tertiary/aromatic N) is 3. The van der Waals surface area contributed by atoms with Crippen LogP contribution in [0.4, 0.5) is 0 Å². The molecule has 1 aromatic rings. The third-order valence-electron chi connectivity index (χ3n) is 3.87. The molecular weight excluding hydrogens is 298 g/mol. The summed E-state index contributed by atoms with van der Waals surface area (Å²) >= 11 is 0. The Balaban J connectivity index is 2.74. The van der Waals surface area contributed by atoms with Gasteiger partial charge in [-0.25, -0.2) is 8.42 Å². The number of sulfonamides is 1. The summed E-state index contributed by atoms with van der Waals surface area (Å²) in [5.74, 6) is 0. The Morgan fingerprint density at radius 3 is 2.27 bits per heavy atom. The van der Waals surface area contributed by atoms with Gasteiger partial charge in [-0.3, -0.25) is 0 Å². The summed E-state index contributed by atoms with van der Waals surface area (Å²) < 4.78 is 26.0. The molecule has 1 saturated heterocycles. The van der Waals surface area contributed by atoms with Crippen molar-refractivity contribution in [1.82, 2.24) is 4.31 Å². The van der Waals surface area contributed by atoms with Crippen LogP contribution in [0.5, 0.6) is 0 Å². The first-order valence-corrected chi connectivity index (χ1v) is 8.12. The molecule has 1 aliphatic heterocycles. The molecule has 0 aromatic heterocycles. The van der Waals surface area contributed by atoms with Gasteiger partial charge in [-0.1, -0.05) is 43.0 Å². The van der Waals surface area contributed by atoms with Gasteiger partial charge in [0.2, 0.25) is 10.0 Å². The molecule has 0 N–H and O–H groups in total. The normalized spacial score (nSPS) is 24.1. The second-order valence-corrected chi connectivity index (χ2v) is 6.84. The van der Waals surface area contributed by atoms with Crippen LogP contribution in [-0.2, 0) is 10.0 Å². The highest BCUT2D eigenvalue weighted by Gasteiger charge is 2.56. The number of hydrogen-bond donors (Lipinski definition) is 0. The summed E-state index contributed by atoms with van der Waals surface area (Å²) in [5, 5.41) is 20.0. The molecule has 112 valence electrons. The first-order chi connectivity index (χ1) is 10.5. The minimum absolute atomic E-state index is 0.0795. The molecule has 1 aromatic carbocycles. The first-order valence-electron chi connectivity index (χ1n) is 6.61. The third-order valence-corrected chi connectivity index (χ3v) is 5.36. The topological polar surface area (TPSA) is 85.0 Å². The van der Waals surface area contributed by atoms with Crippen molar-refractivity contribution in [3.05, 3.63) is 60.5 Å². The van der Waals surface area contributed by atoms with Gasteiger partial charge in [0.1, 0.15) is 0 Å². The van der Waals surface area contributed by atoms with E-state index in [1.54, 1.807) is 30.3 Å². The van der Waals surface area contributed by atoms with Crippen LogP contribution in [0.25, 0.3) is 0 Å². The highest BCUT2D eigenvalue weighted by atomic mass is 32.2. The Bertz CT molecular complexity index is 758. The lowest BCUT2D eigenvalue weighted by Gasteiger charge is -2.29. The summed E-state index contributed by atoms with van der Waals surface area (Å²) in [6, 6.07) is 11.2.